The Bertz CT molecular complexity index is 611. The zero-order chi connectivity index (χ0) is 14.3. The quantitative estimate of drug-likeness (QED) is 0.827. The Morgan fingerprint density at radius 1 is 1.24 bits per heavy atom. The molecule has 2 atom stereocenters. The van der Waals surface area contributed by atoms with Gasteiger partial charge >= 0.3 is 0 Å². The first-order chi connectivity index (χ1) is 9.44. The van der Waals surface area contributed by atoms with E-state index in [-0.39, 0.29) is 18.4 Å². The highest BCUT2D eigenvalue weighted by molar-refractivity contribution is 9.10. The average molecular weight is 396 g/mol. The van der Waals surface area contributed by atoms with Gasteiger partial charge in [0.1, 0.15) is 0 Å². The monoisotopic (exact) mass is 394 g/mol. The normalized spacial score (nSPS) is 28.2. The van der Waals surface area contributed by atoms with E-state index >= 15 is 0 Å². The number of piperidine rings is 1. The summed E-state index contributed by atoms with van der Waals surface area (Å²) in [4.78, 5) is 0.381. The van der Waals surface area contributed by atoms with Crippen LogP contribution in [-0.4, -0.2) is 26.5 Å². The highest BCUT2D eigenvalue weighted by Crippen LogP contribution is 2.28. The summed E-state index contributed by atoms with van der Waals surface area (Å²) in [6, 6.07) is 6.29. The Kier molecular flexibility index (Phi) is 5.36. The number of halogens is 2. The standard InChI is InChI=1S/C14H19BrN2O2S.ClH/c1-9-6-10(15)2-5-14(9)20(18,19)17-13-7-11-3-4-12(8-13)16-11;/h2,5-6,11-13,16-17H,3-4,7-8H2,1H3;1H. The summed E-state index contributed by atoms with van der Waals surface area (Å²) in [6.45, 7) is 1.82. The van der Waals surface area contributed by atoms with Crippen molar-refractivity contribution in [1.29, 1.82) is 0 Å². The van der Waals surface area contributed by atoms with E-state index in [0.717, 1.165) is 22.9 Å². The zero-order valence-electron chi connectivity index (χ0n) is 11.8. The van der Waals surface area contributed by atoms with E-state index in [1.807, 2.05) is 13.0 Å². The van der Waals surface area contributed by atoms with Crippen LogP contribution in [0.5, 0.6) is 0 Å². The lowest BCUT2D eigenvalue weighted by Gasteiger charge is -2.29. The zero-order valence-corrected chi connectivity index (χ0v) is 15.0. The molecule has 7 heteroatoms. The molecule has 21 heavy (non-hydrogen) atoms. The van der Waals surface area contributed by atoms with Crippen LogP contribution >= 0.6 is 28.3 Å². The fraction of sp³-hybridized carbons (Fsp3) is 0.571. The van der Waals surface area contributed by atoms with Crippen LogP contribution in [0.1, 0.15) is 31.2 Å². The van der Waals surface area contributed by atoms with E-state index in [1.54, 1.807) is 12.1 Å². The van der Waals surface area contributed by atoms with Gasteiger partial charge in [0.25, 0.3) is 0 Å². The molecule has 0 saturated carbocycles. The van der Waals surface area contributed by atoms with E-state index in [1.165, 1.54) is 12.8 Å². The fourth-order valence-corrected chi connectivity index (χ4v) is 5.31. The van der Waals surface area contributed by atoms with Crippen molar-refractivity contribution < 1.29 is 8.42 Å². The Hall–Kier alpha value is -0.140. The summed E-state index contributed by atoms with van der Waals surface area (Å²) < 4.78 is 28.8. The van der Waals surface area contributed by atoms with Crippen LogP contribution < -0.4 is 10.0 Å². The minimum Gasteiger partial charge on any atom is -0.311 e. The molecule has 1 aromatic carbocycles. The van der Waals surface area contributed by atoms with Gasteiger partial charge in [0.15, 0.2) is 0 Å². The molecule has 2 aliphatic rings. The van der Waals surface area contributed by atoms with Gasteiger partial charge < -0.3 is 5.32 Å². The molecular weight excluding hydrogens is 376 g/mol. The van der Waals surface area contributed by atoms with Crippen molar-refractivity contribution in [3.05, 3.63) is 28.2 Å². The molecule has 0 spiro atoms. The Morgan fingerprint density at radius 2 is 1.86 bits per heavy atom. The topological polar surface area (TPSA) is 58.2 Å². The Labute approximate surface area is 140 Å². The lowest BCUT2D eigenvalue weighted by atomic mass is 10.0. The first kappa shape index (κ1) is 17.2. The number of hydrogen-bond acceptors (Lipinski definition) is 3. The second-order valence-electron chi connectivity index (χ2n) is 5.84. The largest absolute Gasteiger partial charge is 0.311 e. The van der Waals surface area contributed by atoms with Crippen LogP contribution in [-0.2, 0) is 10.0 Å². The number of fused-ring (bicyclic) bond motifs is 2. The third-order valence-electron chi connectivity index (χ3n) is 4.22. The number of sulfonamides is 1. The molecular formula is C14H20BrClN2O2S. The van der Waals surface area contributed by atoms with E-state index in [9.17, 15) is 8.42 Å². The summed E-state index contributed by atoms with van der Waals surface area (Å²) >= 11 is 3.36. The van der Waals surface area contributed by atoms with E-state index in [4.69, 9.17) is 0 Å². The molecule has 118 valence electrons. The number of nitrogens with one attached hydrogen (secondary N) is 2. The molecule has 2 bridgehead atoms. The SMILES string of the molecule is Cc1cc(Br)ccc1S(=O)(=O)NC1CC2CCC(C1)N2.Cl. The van der Waals surface area contributed by atoms with E-state index in [0.29, 0.717) is 17.0 Å². The van der Waals surface area contributed by atoms with Crippen molar-refractivity contribution in [2.45, 2.75) is 55.6 Å². The van der Waals surface area contributed by atoms with Crippen molar-refractivity contribution in [1.82, 2.24) is 10.0 Å². The van der Waals surface area contributed by atoms with Crippen LogP contribution in [0.15, 0.2) is 27.6 Å². The Balaban J connectivity index is 0.00000161. The molecule has 2 saturated heterocycles. The lowest BCUT2D eigenvalue weighted by Crippen LogP contribution is -2.48. The molecule has 3 rings (SSSR count). The van der Waals surface area contributed by atoms with Gasteiger partial charge in [0, 0.05) is 22.6 Å². The molecule has 0 aliphatic carbocycles. The van der Waals surface area contributed by atoms with Crippen LogP contribution in [0.25, 0.3) is 0 Å². The van der Waals surface area contributed by atoms with Crippen LogP contribution in [0.3, 0.4) is 0 Å². The number of hydrogen-bond donors (Lipinski definition) is 2. The van der Waals surface area contributed by atoms with Crippen molar-refractivity contribution in [3.63, 3.8) is 0 Å². The van der Waals surface area contributed by atoms with E-state index in [2.05, 4.69) is 26.0 Å². The molecule has 2 heterocycles. The molecule has 2 unspecified atom stereocenters. The third-order valence-corrected chi connectivity index (χ3v) is 6.40. The summed E-state index contributed by atoms with van der Waals surface area (Å²) in [6.07, 6.45) is 4.12. The first-order valence-electron chi connectivity index (χ1n) is 6.98. The maximum absolute atomic E-state index is 12.5. The van der Waals surface area contributed by atoms with Gasteiger partial charge in [0.05, 0.1) is 4.90 Å². The lowest BCUT2D eigenvalue weighted by molar-refractivity contribution is 0.345. The van der Waals surface area contributed by atoms with Crippen molar-refractivity contribution in [2.24, 2.45) is 0 Å². The van der Waals surface area contributed by atoms with Crippen LogP contribution in [0.2, 0.25) is 0 Å². The second kappa shape index (κ2) is 6.54. The fourth-order valence-electron chi connectivity index (χ4n) is 3.35. The smallest absolute Gasteiger partial charge is 0.241 e. The summed E-state index contributed by atoms with van der Waals surface area (Å²) in [5.41, 5.74) is 0.767. The number of rotatable bonds is 3. The predicted molar refractivity (Wildman–Crippen MR) is 89.4 cm³/mol. The summed E-state index contributed by atoms with van der Waals surface area (Å²) in [7, 11) is -3.43. The van der Waals surface area contributed by atoms with Crippen LogP contribution in [0.4, 0.5) is 0 Å². The highest BCUT2D eigenvalue weighted by Gasteiger charge is 2.35. The van der Waals surface area contributed by atoms with Crippen molar-refractivity contribution >= 4 is 38.4 Å². The van der Waals surface area contributed by atoms with Crippen molar-refractivity contribution in [2.75, 3.05) is 0 Å². The van der Waals surface area contributed by atoms with E-state index < -0.39 is 10.0 Å². The highest BCUT2D eigenvalue weighted by atomic mass is 79.9. The van der Waals surface area contributed by atoms with Gasteiger partial charge in [-0.05, 0) is 56.4 Å². The molecule has 2 fully saturated rings. The number of benzene rings is 1. The number of aryl methyl sites for hydroxylation is 1. The second-order valence-corrected chi connectivity index (χ2v) is 8.44. The van der Waals surface area contributed by atoms with Gasteiger partial charge in [-0.2, -0.15) is 0 Å². The average Bonchev–Trinajstić information content (AvgIpc) is 2.67. The maximum Gasteiger partial charge on any atom is 0.241 e. The summed E-state index contributed by atoms with van der Waals surface area (Å²) in [5.74, 6) is 0. The molecule has 0 amide bonds. The van der Waals surface area contributed by atoms with Gasteiger partial charge in [0.2, 0.25) is 10.0 Å². The van der Waals surface area contributed by atoms with Gasteiger partial charge in [-0.25, -0.2) is 13.1 Å². The van der Waals surface area contributed by atoms with Crippen LogP contribution in [0, 0.1) is 6.92 Å². The minimum atomic E-state index is -3.43. The molecule has 0 radical (unpaired) electrons. The minimum absolute atomic E-state index is 0. The third kappa shape index (κ3) is 3.79. The molecule has 4 nitrogen and oxygen atoms in total. The molecule has 2 N–H and O–H groups in total. The molecule has 1 aromatic rings. The van der Waals surface area contributed by atoms with Gasteiger partial charge in [-0.15, -0.1) is 12.4 Å². The predicted octanol–water partition coefficient (Wildman–Crippen LogP) is 2.74. The maximum atomic E-state index is 12.5. The Morgan fingerprint density at radius 3 is 2.43 bits per heavy atom. The molecule has 2 aliphatic heterocycles. The van der Waals surface area contributed by atoms with Gasteiger partial charge in [-0.3, -0.25) is 0 Å². The first-order valence-corrected chi connectivity index (χ1v) is 9.26. The van der Waals surface area contributed by atoms with Crippen molar-refractivity contribution in [3.8, 4) is 0 Å². The van der Waals surface area contributed by atoms with Gasteiger partial charge in [-0.1, -0.05) is 15.9 Å². The molecule has 0 aromatic heterocycles. The summed E-state index contributed by atoms with van der Waals surface area (Å²) in [5, 5.41) is 3.52.